The molecule has 0 N–H and O–H groups in total. The Labute approximate surface area is 126 Å². The van der Waals surface area contributed by atoms with Crippen LogP contribution in [0.5, 0.6) is 5.75 Å². The topological polar surface area (TPSA) is 9.23 Å². The fourth-order valence-corrected chi connectivity index (χ4v) is 3.18. The Morgan fingerprint density at radius 1 is 1.21 bits per heavy atom. The van der Waals surface area contributed by atoms with Gasteiger partial charge < -0.3 is 4.74 Å². The molecular formula is C16H14BrClO. The lowest BCUT2D eigenvalue weighted by Crippen LogP contribution is -1.97. The highest BCUT2D eigenvalue weighted by Crippen LogP contribution is 2.36. The number of ether oxygens (including phenoxy) is 1. The van der Waals surface area contributed by atoms with Gasteiger partial charge in [0.2, 0.25) is 0 Å². The van der Waals surface area contributed by atoms with Crippen LogP contribution < -0.4 is 4.74 Å². The van der Waals surface area contributed by atoms with Crippen molar-refractivity contribution in [2.45, 2.75) is 18.7 Å². The van der Waals surface area contributed by atoms with Gasteiger partial charge in [0.1, 0.15) is 5.75 Å². The maximum Gasteiger partial charge on any atom is 0.122 e. The van der Waals surface area contributed by atoms with Crippen LogP contribution in [-0.4, -0.2) is 6.61 Å². The van der Waals surface area contributed by atoms with E-state index in [0.717, 1.165) is 34.4 Å². The summed E-state index contributed by atoms with van der Waals surface area (Å²) in [5, 5.41) is -0.122. The summed E-state index contributed by atoms with van der Waals surface area (Å²) in [6, 6.07) is 12.5. The molecule has 0 saturated carbocycles. The van der Waals surface area contributed by atoms with E-state index in [0.29, 0.717) is 0 Å². The number of hydrogen-bond donors (Lipinski definition) is 0. The molecule has 19 heavy (non-hydrogen) atoms. The zero-order valence-electron chi connectivity index (χ0n) is 10.6. The molecule has 0 aliphatic carbocycles. The molecule has 0 bridgehead atoms. The fourth-order valence-electron chi connectivity index (χ4n) is 2.43. The van der Waals surface area contributed by atoms with Crippen molar-refractivity contribution in [1.29, 1.82) is 0 Å². The van der Waals surface area contributed by atoms with Gasteiger partial charge in [-0.2, -0.15) is 0 Å². The number of aryl methyl sites for hydroxylation is 1. The molecular weight excluding hydrogens is 324 g/mol. The zero-order chi connectivity index (χ0) is 13.4. The standard InChI is InChI=1S/C16H14BrClO/c1-10-2-4-13(17)9-14(10)16(18)12-3-5-15-11(8-12)6-7-19-15/h2-5,8-9,16H,6-7H2,1H3. The van der Waals surface area contributed by atoms with Crippen LogP contribution in [0.2, 0.25) is 0 Å². The van der Waals surface area contributed by atoms with Crippen molar-refractivity contribution < 1.29 is 4.74 Å². The highest BCUT2D eigenvalue weighted by molar-refractivity contribution is 9.10. The zero-order valence-corrected chi connectivity index (χ0v) is 13.0. The van der Waals surface area contributed by atoms with Gasteiger partial charge in [0.15, 0.2) is 0 Å². The minimum Gasteiger partial charge on any atom is -0.493 e. The van der Waals surface area contributed by atoms with E-state index in [2.05, 4.69) is 47.1 Å². The molecule has 0 aromatic heterocycles. The number of fused-ring (bicyclic) bond motifs is 1. The first-order valence-corrected chi connectivity index (χ1v) is 7.54. The monoisotopic (exact) mass is 336 g/mol. The molecule has 0 radical (unpaired) electrons. The van der Waals surface area contributed by atoms with Crippen LogP contribution >= 0.6 is 27.5 Å². The highest BCUT2D eigenvalue weighted by Gasteiger charge is 2.18. The Morgan fingerprint density at radius 3 is 2.89 bits per heavy atom. The van der Waals surface area contributed by atoms with Crippen molar-refractivity contribution in [3.8, 4) is 5.75 Å². The molecule has 0 amide bonds. The Morgan fingerprint density at radius 2 is 2.05 bits per heavy atom. The van der Waals surface area contributed by atoms with Gasteiger partial charge in [0.25, 0.3) is 0 Å². The molecule has 1 heterocycles. The third-order valence-corrected chi connectivity index (χ3v) is 4.50. The SMILES string of the molecule is Cc1ccc(Br)cc1C(Cl)c1ccc2c(c1)CCO2. The van der Waals surface area contributed by atoms with Crippen LogP contribution in [0, 0.1) is 6.92 Å². The first kappa shape index (κ1) is 13.0. The molecule has 1 atom stereocenters. The van der Waals surface area contributed by atoms with Crippen molar-refractivity contribution in [3.05, 3.63) is 63.1 Å². The van der Waals surface area contributed by atoms with Gasteiger partial charge in [0, 0.05) is 10.9 Å². The molecule has 1 unspecified atom stereocenters. The van der Waals surface area contributed by atoms with Crippen molar-refractivity contribution in [3.63, 3.8) is 0 Å². The number of hydrogen-bond acceptors (Lipinski definition) is 1. The average molecular weight is 338 g/mol. The third-order valence-electron chi connectivity index (χ3n) is 3.52. The van der Waals surface area contributed by atoms with Gasteiger partial charge >= 0.3 is 0 Å². The van der Waals surface area contributed by atoms with Gasteiger partial charge in [0.05, 0.1) is 12.0 Å². The Bertz CT molecular complexity index is 624. The maximum atomic E-state index is 6.65. The van der Waals surface area contributed by atoms with Gasteiger partial charge in [-0.25, -0.2) is 0 Å². The quantitative estimate of drug-likeness (QED) is 0.699. The van der Waals surface area contributed by atoms with Crippen LogP contribution in [0.1, 0.15) is 27.6 Å². The van der Waals surface area contributed by atoms with Crippen molar-refractivity contribution in [2.24, 2.45) is 0 Å². The molecule has 0 spiro atoms. The molecule has 1 aliphatic rings. The predicted octanol–water partition coefficient (Wildman–Crippen LogP) is 5.02. The van der Waals surface area contributed by atoms with Crippen molar-refractivity contribution >= 4 is 27.5 Å². The van der Waals surface area contributed by atoms with E-state index in [1.54, 1.807) is 0 Å². The van der Waals surface area contributed by atoms with Gasteiger partial charge in [-0.05, 0) is 47.4 Å². The number of halogens is 2. The van der Waals surface area contributed by atoms with Crippen LogP contribution in [0.25, 0.3) is 0 Å². The lowest BCUT2D eigenvalue weighted by molar-refractivity contribution is 0.357. The van der Waals surface area contributed by atoms with E-state index in [9.17, 15) is 0 Å². The smallest absolute Gasteiger partial charge is 0.122 e. The number of benzene rings is 2. The predicted molar refractivity (Wildman–Crippen MR) is 82.2 cm³/mol. The minimum atomic E-state index is -0.122. The summed E-state index contributed by atoms with van der Waals surface area (Å²) < 4.78 is 6.59. The molecule has 1 aliphatic heterocycles. The fraction of sp³-hybridized carbons (Fsp3) is 0.250. The molecule has 1 nitrogen and oxygen atoms in total. The van der Waals surface area contributed by atoms with E-state index >= 15 is 0 Å². The van der Waals surface area contributed by atoms with E-state index < -0.39 is 0 Å². The van der Waals surface area contributed by atoms with Gasteiger partial charge in [-0.1, -0.05) is 34.1 Å². The summed E-state index contributed by atoms with van der Waals surface area (Å²) in [6.45, 7) is 2.87. The van der Waals surface area contributed by atoms with Gasteiger partial charge in [-0.3, -0.25) is 0 Å². The van der Waals surface area contributed by atoms with E-state index in [4.69, 9.17) is 16.3 Å². The summed E-state index contributed by atoms with van der Waals surface area (Å²) in [6.07, 6.45) is 0.976. The van der Waals surface area contributed by atoms with Gasteiger partial charge in [-0.15, -0.1) is 11.6 Å². The second kappa shape index (κ2) is 5.18. The summed E-state index contributed by atoms with van der Waals surface area (Å²) >= 11 is 10.2. The molecule has 3 rings (SSSR count). The van der Waals surface area contributed by atoms with Crippen molar-refractivity contribution in [2.75, 3.05) is 6.61 Å². The minimum absolute atomic E-state index is 0.122. The average Bonchev–Trinajstić information content (AvgIpc) is 2.88. The first-order valence-electron chi connectivity index (χ1n) is 6.31. The summed E-state index contributed by atoms with van der Waals surface area (Å²) in [7, 11) is 0. The van der Waals surface area contributed by atoms with Crippen LogP contribution in [-0.2, 0) is 6.42 Å². The number of alkyl halides is 1. The van der Waals surface area contributed by atoms with Crippen LogP contribution in [0.15, 0.2) is 40.9 Å². The maximum absolute atomic E-state index is 6.65. The molecule has 98 valence electrons. The highest BCUT2D eigenvalue weighted by atomic mass is 79.9. The van der Waals surface area contributed by atoms with E-state index in [-0.39, 0.29) is 5.38 Å². The molecule has 2 aromatic carbocycles. The van der Waals surface area contributed by atoms with E-state index in [1.807, 2.05) is 12.1 Å². The Hall–Kier alpha value is -0.990. The Kier molecular flexibility index (Phi) is 3.55. The van der Waals surface area contributed by atoms with Crippen LogP contribution in [0.3, 0.4) is 0 Å². The third kappa shape index (κ3) is 2.52. The molecule has 0 fully saturated rings. The largest absolute Gasteiger partial charge is 0.493 e. The summed E-state index contributed by atoms with van der Waals surface area (Å²) in [4.78, 5) is 0. The van der Waals surface area contributed by atoms with Crippen LogP contribution in [0.4, 0.5) is 0 Å². The lowest BCUT2D eigenvalue weighted by Gasteiger charge is -2.14. The number of rotatable bonds is 2. The van der Waals surface area contributed by atoms with E-state index in [1.165, 1.54) is 11.1 Å². The molecule has 2 aromatic rings. The molecule has 0 saturated heterocycles. The Balaban J connectivity index is 1.99. The first-order chi connectivity index (χ1) is 9.15. The molecule has 3 heteroatoms. The lowest BCUT2D eigenvalue weighted by atomic mass is 9.98. The summed E-state index contributed by atoms with van der Waals surface area (Å²) in [5.41, 5.74) is 4.75. The normalized spacial score (nSPS) is 14.9. The second-order valence-electron chi connectivity index (χ2n) is 4.83. The second-order valence-corrected chi connectivity index (χ2v) is 6.18. The van der Waals surface area contributed by atoms with Crippen molar-refractivity contribution in [1.82, 2.24) is 0 Å². The summed E-state index contributed by atoms with van der Waals surface area (Å²) in [5.74, 6) is 0.999.